The van der Waals surface area contributed by atoms with Gasteiger partial charge in [-0.05, 0) is 42.8 Å². The van der Waals surface area contributed by atoms with Gasteiger partial charge in [-0.2, -0.15) is 8.78 Å². The Bertz CT molecular complexity index is 811. The van der Waals surface area contributed by atoms with Crippen LogP contribution < -0.4 is 19.7 Å². The van der Waals surface area contributed by atoms with Crippen molar-refractivity contribution in [1.82, 2.24) is 4.98 Å². The van der Waals surface area contributed by atoms with Crippen LogP contribution in [0.15, 0.2) is 42.6 Å². The number of halogens is 2. The fraction of sp³-hybridized carbons (Fsp3) is 0.263. The number of aromatic nitrogens is 1. The lowest BCUT2D eigenvalue weighted by Crippen LogP contribution is -2.16. The summed E-state index contributed by atoms with van der Waals surface area (Å²) >= 11 is 0. The molecule has 1 heterocycles. The van der Waals surface area contributed by atoms with Crippen molar-refractivity contribution in [3.05, 3.63) is 48.2 Å². The second-order valence-corrected chi connectivity index (χ2v) is 5.61. The molecule has 0 bridgehead atoms. The van der Waals surface area contributed by atoms with E-state index in [4.69, 9.17) is 4.74 Å². The Balaban J connectivity index is 2.13. The lowest BCUT2D eigenvalue weighted by molar-refractivity contribution is -0.111. The first-order valence-electron chi connectivity index (χ1n) is 8.23. The number of nitrogens with zero attached hydrogens (tertiary/aromatic N) is 2. The fourth-order valence-corrected chi connectivity index (χ4v) is 2.29. The minimum atomic E-state index is -2.94. The zero-order valence-electron chi connectivity index (χ0n) is 15.3. The van der Waals surface area contributed by atoms with Gasteiger partial charge in [0.2, 0.25) is 5.91 Å². The molecule has 8 heteroatoms. The van der Waals surface area contributed by atoms with Gasteiger partial charge in [0.1, 0.15) is 0 Å². The highest BCUT2D eigenvalue weighted by Crippen LogP contribution is 2.30. The molecule has 1 aromatic carbocycles. The van der Waals surface area contributed by atoms with Crippen molar-refractivity contribution in [2.24, 2.45) is 0 Å². The van der Waals surface area contributed by atoms with E-state index in [0.29, 0.717) is 23.7 Å². The van der Waals surface area contributed by atoms with Crippen molar-refractivity contribution >= 4 is 23.5 Å². The Morgan fingerprint density at radius 3 is 2.74 bits per heavy atom. The summed E-state index contributed by atoms with van der Waals surface area (Å²) in [5.41, 5.74) is 1.18. The number of benzene rings is 1. The summed E-state index contributed by atoms with van der Waals surface area (Å²) in [4.78, 5) is 18.2. The van der Waals surface area contributed by atoms with Gasteiger partial charge in [0, 0.05) is 26.4 Å². The van der Waals surface area contributed by atoms with E-state index in [0.717, 1.165) is 0 Å². The van der Waals surface area contributed by atoms with Gasteiger partial charge in [0.25, 0.3) is 0 Å². The van der Waals surface area contributed by atoms with Crippen LogP contribution in [0.5, 0.6) is 11.5 Å². The average Bonchev–Trinajstić information content (AvgIpc) is 2.62. The highest BCUT2D eigenvalue weighted by Gasteiger charge is 2.11. The monoisotopic (exact) mass is 377 g/mol. The molecular weight excluding hydrogens is 356 g/mol. The number of nitrogens with one attached hydrogen (secondary N) is 1. The first kappa shape index (κ1) is 20.2. The molecule has 2 rings (SSSR count). The maximum atomic E-state index is 12.4. The second-order valence-electron chi connectivity index (χ2n) is 5.61. The lowest BCUT2D eigenvalue weighted by atomic mass is 10.2. The number of alkyl halides is 2. The minimum absolute atomic E-state index is 0.0561. The number of ether oxygens (including phenoxy) is 2. The number of amides is 1. The van der Waals surface area contributed by atoms with Crippen molar-refractivity contribution in [2.45, 2.75) is 13.5 Å². The van der Waals surface area contributed by atoms with E-state index in [1.165, 1.54) is 18.2 Å². The molecule has 0 aliphatic carbocycles. The fourth-order valence-electron chi connectivity index (χ4n) is 2.29. The van der Waals surface area contributed by atoms with E-state index in [1.807, 2.05) is 14.1 Å². The van der Waals surface area contributed by atoms with Crippen LogP contribution in [-0.2, 0) is 4.79 Å². The van der Waals surface area contributed by atoms with Crippen LogP contribution in [0.2, 0.25) is 0 Å². The molecule has 0 aliphatic rings. The molecule has 0 aliphatic heterocycles. The van der Waals surface area contributed by atoms with Crippen molar-refractivity contribution in [3.63, 3.8) is 0 Å². The first-order valence-corrected chi connectivity index (χ1v) is 8.23. The topological polar surface area (TPSA) is 63.7 Å². The average molecular weight is 377 g/mol. The predicted molar refractivity (Wildman–Crippen MR) is 100 cm³/mol. The van der Waals surface area contributed by atoms with E-state index in [9.17, 15) is 13.6 Å². The van der Waals surface area contributed by atoms with Crippen molar-refractivity contribution < 1.29 is 23.0 Å². The van der Waals surface area contributed by atoms with Gasteiger partial charge in [-0.25, -0.2) is 4.98 Å². The molecule has 1 aromatic heterocycles. The summed E-state index contributed by atoms with van der Waals surface area (Å²) in [6, 6.07) is 7.93. The first-order chi connectivity index (χ1) is 12.9. The van der Waals surface area contributed by atoms with Gasteiger partial charge in [-0.1, -0.05) is 6.07 Å². The van der Waals surface area contributed by atoms with Gasteiger partial charge >= 0.3 is 6.61 Å². The molecule has 1 N–H and O–H groups in total. The molecule has 0 radical (unpaired) electrons. The van der Waals surface area contributed by atoms with Gasteiger partial charge in [-0.15, -0.1) is 0 Å². The SMILES string of the molecule is CCOc1cc(/C=C/C(=O)Nc2cccnc2N(C)C)ccc1OC(F)F. The van der Waals surface area contributed by atoms with E-state index in [2.05, 4.69) is 15.0 Å². The molecule has 6 nitrogen and oxygen atoms in total. The van der Waals surface area contributed by atoms with Crippen LogP contribution >= 0.6 is 0 Å². The number of carbonyl (C=O) groups is 1. The molecule has 0 spiro atoms. The molecule has 0 saturated heterocycles. The minimum Gasteiger partial charge on any atom is -0.490 e. The van der Waals surface area contributed by atoms with Crippen molar-refractivity contribution in [2.75, 3.05) is 30.9 Å². The van der Waals surface area contributed by atoms with E-state index in [1.54, 1.807) is 42.3 Å². The highest BCUT2D eigenvalue weighted by atomic mass is 19.3. The summed E-state index contributed by atoms with van der Waals surface area (Å²) in [6.07, 6.45) is 4.53. The molecule has 0 atom stereocenters. The standard InChI is InChI=1S/C19H21F2N3O3/c1-4-26-16-12-13(7-9-15(16)27-19(20)21)8-10-17(25)23-14-6-5-11-22-18(14)24(2)3/h5-12,19H,4H2,1-3H3,(H,23,25)/b10-8+. The van der Waals surface area contributed by atoms with Crippen LogP contribution in [-0.4, -0.2) is 38.2 Å². The Hall–Kier alpha value is -3.16. The number of hydrogen-bond donors (Lipinski definition) is 1. The van der Waals surface area contributed by atoms with Crippen molar-refractivity contribution in [3.8, 4) is 11.5 Å². The third-order valence-electron chi connectivity index (χ3n) is 3.38. The number of anilines is 2. The Kier molecular flexibility index (Phi) is 7.10. The largest absolute Gasteiger partial charge is 0.490 e. The van der Waals surface area contributed by atoms with Gasteiger partial charge < -0.3 is 19.7 Å². The number of rotatable bonds is 8. The molecule has 2 aromatic rings. The molecule has 144 valence electrons. The predicted octanol–water partition coefficient (Wildman–Crippen LogP) is 3.80. The summed E-state index contributed by atoms with van der Waals surface area (Å²) in [7, 11) is 3.65. The van der Waals surface area contributed by atoms with Crippen LogP contribution in [0.4, 0.5) is 20.3 Å². The number of pyridine rings is 1. The summed E-state index contributed by atoms with van der Waals surface area (Å²) in [5.74, 6) is 0.408. The second kappa shape index (κ2) is 9.51. The van der Waals surface area contributed by atoms with Gasteiger partial charge in [-0.3, -0.25) is 4.79 Å². The number of hydrogen-bond acceptors (Lipinski definition) is 5. The molecule has 27 heavy (non-hydrogen) atoms. The van der Waals surface area contributed by atoms with E-state index in [-0.39, 0.29) is 17.4 Å². The maximum Gasteiger partial charge on any atom is 0.387 e. The normalized spacial score (nSPS) is 10.9. The van der Waals surface area contributed by atoms with Crippen LogP contribution in [0.3, 0.4) is 0 Å². The molecule has 0 unspecified atom stereocenters. The van der Waals surface area contributed by atoms with E-state index >= 15 is 0 Å². The summed E-state index contributed by atoms with van der Waals surface area (Å²) in [5, 5.41) is 2.75. The lowest BCUT2D eigenvalue weighted by Gasteiger charge is -2.15. The summed E-state index contributed by atoms with van der Waals surface area (Å²) in [6.45, 7) is -0.915. The molecular formula is C19H21F2N3O3. The third kappa shape index (κ3) is 5.95. The Morgan fingerprint density at radius 1 is 1.30 bits per heavy atom. The molecule has 0 saturated carbocycles. The maximum absolute atomic E-state index is 12.4. The van der Waals surface area contributed by atoms with Crippen LogP contribution in [0.25, 0.3) is 6.08 Å². The third-order valence-corrected chi connectivity index (χ3v) is 3.38. The number of carbonyl (C=O) groups excluding carboxylic acids is 1. The Labute approximate surface area is 156 Å². The molecule has 1 amide bonds. The van der Waals surface area contributed by atoms with Crippen molar-refractivity contribution in [1.29, 1.82) is 0 Å². The summed E-state index contributed by atoms with van der Waals surface area (Å²) < 4.78 is 34.6. The highest BCUT2D eigenvalue weighted by molar-refractivity contribution is 6.03. The van der Waals surface area contributed by atoms with E-state index < -0.39 is 6.61 Å². The smallest absolute Gasteiger partial charge is 0.387 e. The van der Waals surface area contributed by atoms with Gasteiger partial charge in [0.05, 0.1) is 12.3 Å². The van der Waals surface area contributed by atoms with Gasteiger partial charge in [0.15, 0.2) is 17.3 Å². The van der Waals surface area contributed by atoms with Crippen LogP contribution in [0.1, 0.15) is 12.5 Å². The Morgan fingerprint density at radius 2 is 2.07 bits per heavy atom. The molecule has 0 fully saturated rings. The van der Waals surface area contributed by atoms with Crippen LogP contribution in [0, 0.1) is 0 Å². The zero-order chi connectivity index (χ0) is 19.8. The quantitative estimate of drug-likeness (QED) is 0.709. The zero-order valence-corrected chi connectivity index (χ0v) is 15.3.